The second kappa shape index (κ2) is 7.14. The summed E-state index contributed by atoms with van der Waals surface area (Å²) in [4.78, 5) is 18.3. The molecular weight excluding hydrogens is 344 g/mol. The molecule has 0 unspecified atom stereocenters. The number of aromatic nitrogens is 2. The van der Waals surface area contributed by atoms with E-state index in [9.17, 15) is 4.79 Å². The lowest BCUT2D eigenvalue weighted by Crippen LogP contribution is -2.21. The first-order chi connectivity index (χ1) is 12.8. The van der Waals surface area contributed by atoms with Crippen molar-refractivity contribution in [2.45, 2.75) is 13.0 Å². The number of thiophene rings is 1. The Morgan fingerprint density at radius 3 is 2.58 bits per heavy atom. The maximum absolute atomic E-state index is 13.0. The van der Waals surface area contributed by atoms with Gasteiger partial charge in [-0.1, -0.05) is 42.5 Å². The second-order valence-corrected chi connectivity index (χ2v) is 6.89. The molecule has 0 bridgehead atoms. The fourth-order valence-electron chi connectivity index (χ4n) is 3.00. The van der Waals surface area contributed by atoms with E-state index in [1.54, 1.807) is 18.0 Å². The summed E-state index contributed by atoms with van der Waals surface area (Å²) in [6, 6.07) is 17.9. The first-order valence-electron chi connectivity index (χ1n) is 8.41. The molecule has 0 aliphatic carbocycles. The van der Waals surface area contributed by atoms with Crippen molar-refractivity contribution in [3.8, 4) is 16.9 Å². The third-order valence-electron chi connectivity index (χ3n) is 4.45. The van der Waals surface area contributed by atoms with Gasteiger partial charge in [0.1, 0.15) is 10.6 Å². The molecule has 0 aliphatic heterocycles. The molecule has 0 aliphatic rings. The van der Waals surface area contributed by atoms with Crippen LogP contribution in [0.15, 0.2) is 71.1 Å². The van der Waals surface area contributed by atoms with Gasteiger partial charge in [-0.3, -0.25) is 9.36 Å². The van der Waals surface area contributed by atoms with Gasteiger partial charge < -0.3 is 4.74 Å². The van der Waals surface area contributed by atoms with Crippen molar-refractivity contribution in [3.05, 3.63) is 82.2 Å². The Kier molecular flexibility index (Phi) is 4.54. The van der Waals surface area contributed by atoms with Crippen LogP contribution >= 0.6 is 11.3 Å². The Bertz CT molecular complexity index is 1080. The number of methoxy groups -OCH3 is 1. The average Bonchev–Trinajstić information content (AvgIpc) is 3.13. The van der Waals surface area contributed by atoms with E-state index in [-0.39, 0.29) is 5.56 Å². The number of nitrogens with zero attached hydrogens (tertiary/aromatic N) is 2. The molecule has 4 rings (SSSR count). The monoisotopic (exact) mass is 362 g/mol. The van der Waals surface area contributed by atoms with E-state index in [4.69, 9.17) is 4.74 Å². The van der Waals surface area contributed by atoms with Gasteiger partial charge in [-0.2, -0.15) is 0 Å². The minimum absolute atomic E-state index is 0.0120. The SMILES string of the molecule is COc1ccc(-c2csc3ncn(CCc4ccccc4)c(=O)c23)cc1. The van der Waals surface area contributed by atoms with Crippen LogP contribution in [0.2, 0.25) is 0 Å². The molecule has 2 aromatic heterocycles. The lowest BCUT2D eigenvalue weighted by atomic mass is 10.1. The maximum Gasteiger partial charge on any atom is 0.262 e. The summed E-state index contributed by atoms with van der Waals surface area (Å²) < 4.78 is 6.92. The van der Waals surface area contributed by atoms with Crippen molar-refractivity contribution in [3.63, 3.8) is 0 Å². The van der Waals surface area contributed by atoms with E-state index >= 15 is 0 Å². The van der Waals surface area contributed by atoms with Crippen LogP contribution in [-0.4, -0.2) is 16.7 Å². The van der Waals surface area contributed by atoms with Crippen molar-refractivity contribution >= 4 is 21.6 Å². The zero-order chi connectivity index (χ0) is 17.9. The standard InChI is InChI=1S/C21H18N2O2S/c1-25-17-9-7-16(8-10-17)18-13-26-20-19(18)21(24)23(14-22-20)12-11-15-5-3-2-4-6-15/h2-10,13-14H,11-12H2,1H3. The van der Waals surface area contributed by atoms with E-state index in [1.807, 2.05) is 47.8 Å². The Morgan fingerprint density at radius 2 is 1.85 bits per heavy atom. The van der Waals surface area contributed by atoms with Crippen molar-refractivity contribution in [1.29, 1.82) is 0 Å². The van der Waals surface area contributed by atoms with Gasteiger partial charge in [0.2, 0.25) is 0 Å². The van der Waals surface area contributed by atoms with E-state index in [1.165, 1.54) is 16.9 Å². The molecule has 0 spiro atoms. The fraction of sp³-hybridized carbons (Fsp3) is 0.143. The average molecular weight is 362 g/mol. The molecule has 0 radical (unpaired) electrons. The predicted octanol–water partition coefficient (Wildman–Crippen LogP) is 4.38. The largest absolute Gasteiger partial charge is 0.497 e. The van der Waals surface area contributed by atoms with Crippen molar-refractivity contribution < 1.29 is 4.74 Å². The highest BCUT2D eigenvalue weighted by atomic mass is 32.1. The predicted molar refractivity (Wildman–Crippen MR) is 106 cm³/mol. The molecule has 130 valence electrons. The topological polar surface area (TPSA) is 44.1 Å². The third kappa shape index (κ3) is 3.13. The summed E-state index contributed by atoms with van der Waals surface area (Å²) in [5.41, 5.74) is 3.15. The van der Waals surface area contributed by atoms with Crippen LogP contribution in [-0.2, 0) is 13.0 Å². The summed E-state index contributed by atoms with van der Waals surface area (Å²) >= 11 is 1.50. The van der Waals surface area contributed by atoms with E-state index < -0.39 is 0 Å². The van der Waals surface area contributed by atoms with Crippen LogP contribution in [0.25, 0.3) is 21.3 Å². The third-order valence-corrected chi connectivity index (χ3v) is 5.33. The first kappa shape index (κ1) is 16.5. The number of rotatable bonds is 5. The Hall–Kier alpha value is -2.92. The van der Waals surface area contributed by atoms with Gasteiger partial charge in [-0.25, -0.2) is 4.98 Å². The number of benzene rings is 2. The zero-order valence-corrected chi connectivity index (χ0v) is 15.2. The van der Waals surface area contributed by atoms with Crippen molar-refractivity contribution in [1.82, 2.24) is 9.55 Å². The van der Waals surface area contributed by atoms with Gasteiger partial charge >= 0.3 is 0 Å². The Morgan fingerprint density at radius 1 is 1.08 bits per heavy atom. The van der Waals surface area contributed by atoms with Crippen molar-refractivity contribution in [2.75, 3.05) is 7.11 Å². The molecule has 2 aromatic carbocycles. The smallest absolute Gasteiger partial charge is 0.262 e. The lowest BCUT2D eigenvalue weighted by molar-refractivity contribution is 0.415. The highest BCUT2D eigenvalue weighted by Gasteiger charge is 2.13. The van der Waals surface area contributed by atoms with Crippen LogP contribution in [0, 0.1) is 0 Å². The van der Waals surface area contributed by atoms with Crippen molar-refractivity contribution in [2.24, 2.45) is 0 Å². The van der Waals surface area contributed by atoms with E-state index in [0.717, 1.165) is 28.1 Å². The normalized spacial score (nSPS) is 11.0. The van der Waals surface area contributed by atoms with Gasteiger partial charge in [0.15, 0.2) is 0 Å². The molecule has 4 aromatic rings. The highest BCUT2D eigenvalue weighted by molar-refractivity contribution is 7.17. The molecule has 0 fully saturated rings. The number of fused-ring (bicyclic) bond motifs is 1. The van der Waals surface area contributed by atoms with Crippen LogP contribution in [0.3, 0.4) is 0 Å². The molecule has 2 heterocycles. The number of aryl methyl sites for hydroxylation is 2. The van der Waals surface area contributed by atoms with Gasteiger partial charge in [0.25, 0.3) is 5.56 Å². The number of hydrogen-bond acceptors (Lipinski definition) is 4. The van der Waals surface area contributed by atoms with Crippen LogP contribution in [0.5, 0.6) is 5.75 Å². The summed E-state index contributed by atoms with van der Waals surface area (Å²) in [6.07, 6.45) is 2.46. The zero-order valence-electron chi connectivity index (χ0n) is 14.4. The molecule has 0 saturated heterocycles. The van der Waals surface area contributed by atoms with E-state index in [0.29, 0.717) is 11.9 Å². The van der Waals surface area contributed by atoms with Gasteiger partial charge in [-0.15, -0.1) is 11.3 Å². The lowest BCUT2D eigenvalue weighted by Gasteiger charge is -2.07. The fourth-order valence-corrected chi connectivity index (χ4v) is 3.91. The summed E-state index contributed by atoms with van der Waals surface area (Å²) in [7, 11) is 1.64. The molecule has 0 saturated carbocycles. The first-order valence-corrected chi connectivity index (χ1v) is 9.29. The second-order valence-electron chi connectivity index (χ2n) is 6.04. The summed E-state index contributed by atoms with van der Waals surface area (Å²) in [5.74, 6) is 0.798. The van der Waals surface area contributed by atoms with Crippen LogP contribution < -0.4 is 10.3 Å². The van der Waals surface area contributed by atoms with Gasteiger partial charge in [-0.05, 0) is 29.7 Å². The van der Waals surface area contributed by atoms with E-state index in [2.05, 4.69) is 17.1 Å². The molecule has 4 nitrogen and oxygen atoms in total. The van der Waals surface area contributed by atoms with Gasteiger partial charge in [0, 0.05) is 17.5 Å². The maximum atomic E-state index is 13.0. The molecular formula is C21H18N2O2S. The molecule has 0 N–H and O–H groups in total. The Labute approximate surface area is 155 Å². The molecule has 5 heteroatoms. The highest BCUT2D eigenvalue weighted by Crippen LogP contribution is 2.31. The molecule has 0 atom stereocenters. The summed E-state index contributed by atoms with van der Waals surface area (Å²) in [6.45, 7) is 0.615. The quantitative estimate of drug-likeness (QED) is 0.529. The Balaban J connectivity index is 1.71. The minimum Gasteiger partial charge on any atom is -0.497 e. The summed E-state index contributed by atoms with van der Waals surface area (Å²) in [5, 5.41) is 2.69. The molecule has 26 heavy (non-hydrogen) atoms. The number of hydrogen-bond donors (Lipinski definition) is 0. The molecule has 0 amide bonds. The number of ether oxygens (including phenoxy) is 1. The van der Waals surface area contributed by atoms with Crippen LogP contribution in [0.4, 0.5) is 0 Å². The minimum atomic E-state index is 0.0120. The van der Waals surface area contributed by atoms with Crippen LogP contribution in [0.1, 0.15) is 5.56 Å². The van der Waals surface area contributed by atoms with Gasteiger partial charge in [0.05, 0.1) is 18.8 Å².